The molecule has 3 aromatic rings. The van der Waals surface area contributed by atoms with E-state index in [0.717, 1.165) is 42.7 Å². The molecule has 0 fully saturated rings. The average molecular weight is 370 g/mol. The van der Waals surface area contributed by atoms with Crippen LogP contribution >= 0.6 is 11.6 Å². The minimum Gasteiger partial charge on any atom is -0.305 e. The van der Waals surface area contributed by atoms with Gasteiger partial charge in [0.25, 0.3) is 5.56 Å². The molecule has 2 aromatic carbocycles. The van der Waals surface area contributed by atoms with Crippen LogP contribution in [0.1, 0.15) is 20.3 Å². The van der Waals surface area contributed by atoms with E-state index in [1.165, 1.54) is 0 Å². The summed E-state index contributed by atoms with van der Waals surface area (Å²) < 4.78 is 1.82. The van der Waals surface area contributed by atoms with Crippen molar-refractivity contribution in [2.75, 3.05) is 19.6 Å². The predicted molar refractivity (Wildman–Crippen MR) is 109 cm³/mol. The van der Waals surface area contributed by atoms with Gasteiger partial charge in [-0.15, -0.1) is 0 Å². The molecule has 0 saturated heterocycles. The van der Waals surface area contributed by atoms with Crippen LogP contribution in [-0.2, 0) is 6.54 Å². The zero-order valence-electron chi connectivity index (χ0n) is 15.3. The second kappa shape index (κ2) is 8.47. The van der Waals surface area contributed by atoms with Crippen molar-refractivity contribution in [1.82, 2.24) is 14.5 Å². The summed E-state index contributed by atoms with van der Waals surface area (Å²) in [5.41, 5.74) is 2.85. The van der Waals surface area contributed by atoms with Gasteiger partial charge in [0.15, 0.2) is 0 Å². The van der Waals surface area contributed by atoms with Crippen LogP contribution in [0.5, 0.6) is 0 Å². The molecule has 3 rings (SSSR count). The summed E-state index contributed by atoms with van der Waals surface area (Å²) in [6.45, 7) is 7.96. The van der Waals surface area contributed by atoms with E-state index in [2.05, 4.69) is 23.7 Å². The maximum atomic E-state index is 13.2. The molecular weight excluding hydrogens is 346 g/mol. The highest BCUT2D eigenvalue weighted by atomic mass is 35.5. The summed E-state index contributed by atoms with van der Waals surface area (Å²) in [6, 6.07) is 15.2. The smallest absolute Gasteiger partial charge is 0.277 e. The van der Waals surface area contributed by atoms with E-state index in [0.29, 0.717) is 17.3 Å². The first kappa shape index (κ1) is 18.6. The molecule has 0 radical (unpaired) electrons. The number of nitrogens with zero attached hydrogens (tertiary/aromatic N) is 3. The lowest BCUT2D eigenvalue weighted by Gasteiger charge is -2.19. The van der Waals surface area contributed by atoms with Gasteiger partial charge in [0.1, 0.15) is 5.69 Å². The van der Waals surface area contributed by atoms with Gasteiger partial charge in [0, 0.05) is 17.1 Å². The lowest BCUT2D eigenvalue weighted by Crippen LogP contribution is -2.28. The Morgan fingerprint density at radius 2 is 1.81 bits per heavy atom. The van der Waals surface area contributed by atoms with Gasteiger partial charge in [-0.25, -0.2) is 4.98 Å². The highest BCUT2D eigenvalue weighted by Crippen LogP contribution is 2.21. The van der Waals surface area contributed by atoms with Crippen LogP contribution in [0.4, 0.5) is 0 Å². The zero-order valence-corrected chi connectivity index (χ0v) is 16.0. The minimum absolute atomic E-state index is 0.0643. The topological polar surface area (TPSA) is 38.1 Å². The Hall–Kier alpha value is -2.17. The summed E-state index contributed by atoms with van der Waals surface area (Å²) in [4.78, 5) is 20.1. The summed E-state index contributed by atoms with van der Waals surface area (Å²) >= 11 is 6.18. The van der Waals surface area contributed by atoms with E-state index in [-0.39, 0.29) is 5.56 Å². The van der Waals surface area contributed by atoms with E-state index < -0.39 is 0 Å². The summed E-state index contributed by atoms with van der Waals surface area (Å²) in [7, 11) is 0. The first-order chi connectivity index (χ1) is 12.6. The largest absolute Gasteiger partial charge is 0.305 e. The van der Waals surface area contributed by atoms with Crippen molar-refractivity contribution in [2.24, 2.45) is 0 Å². The first-order valence-corrected chi connectivity index (χ1v) is 9.49. The van der Waals surface area contributed by atoms with E-state index in [9.17, 15) is 4.79 Å². The molecule has 0 atom stereocenters. The molecular formula is C21H24ClN3O. The van der Waals surface area contributed by atoms with E-state index in [1.54, 1.807) is 0 Å². The molecule has 0 bridgehead atoms. The van der Waals surface area contributed by atoms with Crippen LogP contribution in [0.15, 0.2) is 53.3 Å². The van der Waals surface area contributed by atoms with Gasteiger partial charge in [-0.05, 0) is 44.3 Å². The van der Waals surface area contributed by atoms with Crippen molar-refractivity contribution in [2.45, 2.75) is 26.8 Å². The van der Waals surface area contributed by atoms with Crippen molar-refractivity contribution in [3.05, 3.63) is 63.9 Å². The third-order valence-electron chi connectivity index (χ3n) is 4.71. The Labute approximate surface area is 159 Å². The average Bonchev–Trinajstić information content (AvgIpc) is 2.67. The van der Waals surface area contributed by atoms with Gasteiger partial charge in [-0.2, -0.15) is 0 Å². The third-order valence-corrected chi connectivity index (χ3v) is 4.94. The number of benzene rings is 2. The molecule has 0 amide bonds. The second-order valence-corrected chi connectivity index (χ2v) is 6.73. The molecule has 0 saturated carbocycles. The van der Waals surface area contributed by atoms with Crippen LogP contribution in [0.25, 0.3) is 22.3 Å². The Morgan fingerprint density at radius 1 is 1.08 bits per heavy atom. The molecule has 0 aliphatic heterocycles. The Balaban J connectivity index is 2.05. The lowest BCUT2D eigenvalue weighted by molar-refractivity contribution is 0.293. The Morgan fingerprint density at radius 3 is 2.50 bits per heavy atom. The SMILES string of the molecule is CCN(CC)CCCn1c(=O)c(-c2ccccc2)nc2ccc(Cl)cc21. The van der Waals surface area contributed by atoms with Crippen LogP contribution < -0.4 is 5.56 Å². The van der Waals surface area contributed by atoms with E-state index in [4.69, 9.17) is 11.6 Å². The number of aryl methyl sites for hydroxylation is 1. The molecule has 0 N–H and O–H groups in total. The summed E-state index contributed by atoms with van der Waals surface area (Å²) in [5.74, 6) is 0. The van der Waals surface area contributed by atoms with Crippen molar-refractivity contribution < 1.29 is 0 Å². The number of hydrogen-bond donors (Lipinski definition) is 0. The highest BCUT2D eigenvalue weighted by molar-refractivity contribution is 6.31. The van der Waals surface area contributed by atoms with Crippen molar-refractivity contribution >= 4 is 22.6 Å². The fraction of sp³-hybridized carbons (Fsp3) is 0.333. The van der Waals surface area contributed by atoms with E-state index in [1.807, 2.05) is 53.1 Å². The van der Waals surface area contributed by atoms with Crippen LogP contribution in [0.2, 0.25) is 5.02 Å². The molecule has 0 aliphatic rings. The van der Waals surface area contributed by atoms with Crippen molar-refractivity contribution in [1.29, 1.82) is 0 Å². The first-order valence-electron chi connectivity index (χ1n) is 9.12. The molecule has 1 heterocycles. The van der Waals surface area contributed by atoms with Gasteiger partial charge < -0.3 is 9.47 Å². The number of hydrogen-bond acceptors (Lipinski definition) is 3. The molecule has 26 heavy (non-hydrogen) atoms. The molecule has 5 heteroatoms. The van der Waals surface area contributed by atoms with Crippen LogP contribution in [0.3, 0.4) is 0 Å². The molecule has 4 nitrogen and oxygen atoms in total. The predicted octanol–water partition coefficient (Wildman–Crippen LogP) is 4.45. The van der Waals surface area contributed by atoms with Gasteiger partial charge in [-0.1, -0.05) is 55.8 Å². The lowest BCUT2D eigenvalue weighted by atomic mass is 10.1. The van der Waals surface area contributed by atoms with Crippen LogP contribution in [-0.4, -0.2) is 34.1 Å². The fourth-order valence-electron chi connectivity index (χ4n) is 3.21. The molecule has 0 spiro atoms. The van der Waals surface area contributed by atoms with Crippen molar-refractivity contribution in [3.63, 3.8) is 0 Å². The molecule has 136 valence electrons. The minimum atomic E-state index is -0.0643. The number of fused-ring (bicyclic) bond motifs is 1. The molecule has 0 aliphatic carbocycles. The standard InChI is InChI=1S/C21H24ClN3O/c1-3-24(4-2)13-8-14-25-19-15-17(22)11-12-18(19)23-20(21(25)26)16-9-6-5-7-10-16/h5-7,9-12,15H,3-4,8,13-14H2,1-2H3. The maximum Gasteiger partial charge on any atom is 0.277 e. The molecule has 1 aromatic heterocycles. The fourth-order valence-corrected chi connectivity index (χ4v) is 3.38. The third kappa shape index (κ3) is 3.97. The summed E-state index contributed by atoms with van der Waals surface area (Å²) in [5, 5.41) is 0.614. The maximum absolute atomic E-state index is 13.2. The molecule has 0 unspecified atom stereocenters. The van der Waals surface area contributed by atoms with Crippen molar-refractivity contribution in [3.8, 4) is 11.3 Å². The quantitative estimate of drug-likeness (QED) is 0.617. The Kier molecular flexibility index (Phi) is 6.07. The normalized spacial score (nSPS) is 11.4. The van der Waals surface area contributed by atoms with E-state index >= 15 is 0 Å². The summed E-state index contributed by atoms with van der Waals surface area (Å²) in [6.07, 6.45) is 0.904. The number of halogens is 1. The monoisotopic (exact) mass is 369 g/mol. The van der Waals surface area contributed by atoms with Gasteiger partial charge in [0.05, 0.1) is 11.0 Å². The van der Waals surface area contributed by atoms with Gasteiger partial charge in [0.2, 0.25) is 0 Å². The second-order valence-electron chi connectivity index (χ2n) is 6.30. The number of rotatable bonds is 7. The van der Waals surface area contributed by atoms with Gasteiger partial charge >= 0.3 is 0 Å². The zero-order chi connectivity index (χ0) is 18.5. The van der Waals surface area contributed by atoms with Gasteiger partial charge in [-0.3, -0.25) is 4.79 Å². The van der Waals surface area contributed by atoms with Crippen LogP contribution in [0, 0.1) is 0 Å². The highest BCUT2D eigenvalue weighted by Gasteiger charge is 2.13. The Bertz CT molecular complexity index is 933. The number of aromatic nitrogens is 2.